The van der Waals surface area contributed by atoms with E-state index in [4.69, 9.17) is 0 Å². The Morgan fingerprint density at radius 3 is 2.80 bits per heavy atom. The minimum Gasteiger partial charge on any atom is -0.479 e. The molecule has 0 radical (unpaired) electrons. The summed E-state index contributed by atoms with van der Waals surface area (Å²) in [6.07, 6.45) is 2.49. The zero-order valence-corrected chi connectivity index (χ0v) is 11.2. The van der Waals surface area contributed by atoms with Gasteiger partial charge >= 0.3 is 5.97 Å². The fourth-order valence-electron chi connectivity index (χ4n) is 3.17. The second-order valence-corrected chi connectivity index (χ2v) is 5.37. The number of hydrogen-bond donors (Lipinski definition) is 2. The Morgan fingerprint density at radius 1 is 1.30 bits per heavy atom. The summed E-state index contributed by atoms with van der Waals surface area (Å²) in [5, 5.41) is 12.7. The molecule has 20 heavy (non-hydrogen) atoms. The van der Waals surface area contributed by atoms with Crippen molar-refractivity contribution in [3.63, 3.8) is 0 Å². The van der Waals surface area contributed by atoms with Crippen LogP contribution in [0.25, 0.3) is 0 Å². The van der Waals surface area contributed by atoms with Crippen molar-refractivity contribution < 1.29 is 14.7 Å². The third-order valence-corrected chi connectivity index (χ3v) is 4.16. The SMILES string of the molecule is O=C(O)C1c2ccccc2CCN1C(=O)[C@H]1CCCN1. The van der Waals surface area contributed by atoms with E-state index in [0.717, 1.165) is 36.9 Å². The highest BCUT2D eigenvalue weighted by atomic mass is 16.4. The van der Waals surface area contributed by atoms with Crippen LogP contribution in [0.2, 0.25) is 0 Å². The maximum Gasteiger partial charge on any atom is 0.331 e. The first-order chi connectivity index (χ1) is 9.68. The minimum absolute atomic E-state index is 0.0793. The van der Waals surface area contributed by atoms with Crippen LogP contribution in [-0.2, 0) is 16.0 Å². The number of carbonyl (C=O) groups is 2. The van der Waals surface area contributed by atoms with Crippen LogP contribution in [-0.4, -0.2) is 41.0 Å². The number of fused-ring (bicyclic) bond motifs is 1. The summed E-state index contributed by atoms with van der Waals surface area (Å²) in [7, 11) is 0. The second-order valence-electron chi connectivity index (χ2n) is 5.37. The molecular weight excluding hydrogens is 256 g/mol. The molecule has 2 N–H and O–H groups in total. The third-order valence-electron chi connectivity index (χ3n) is 4.16. The first-order valence-electron chi connectivity index (χ1n) is 7.03. The van der Waals surface area contributed by atoms with Gasteiger partial charge in [-0.2, -0.15) is 0 Å². The van der Waals surface area contributed by atoms with E-state index in [9.17, 15) is 14.7 Å². The number of carbonyl (C=O) groups excluding carboxylic acids is 1. The van der Waals surface area contributed by atoms with E-state index in [-0.39, 0.29) is 11.9 Å². The molecule has 1 aromatic rings. The van der Waals surface area contributed by atoms with Gasteiger partial charge in [0.25, 0.3) is 0 Å². The Kier molecular flexibility index (Phi) is 3.44. The van der Waals surface area contributed by atoms with Gasteiger partial charge in [0.05, 0.1) is 6.04 Å². The lowest BCUT2D eigenvalue weighted by molar-refractivity contribution is -0.152. The molecule has 1 unspecified atom stereocenters. The van der Waals surface area contributed by atoms with E-state index in [2.05, 4.69) is 5.32 Å². The highest BCUT2D eigenvalue weighted by molar-refractivity contribution is 5.88. The minimum atomic E-state index is -0.955. The van der Waals surface area contributed by atoms with Crippen molar-refractivity contribution in [3.8, 4) is 0 Å². The highest BCUT2D eigenvalue weighted by Crippen LogP contribution is 2.31. The molecule has 0 spiro atoms. The highest BCUT2D eigenvalue weighted by Gasteiger charge is 2.38. The normalized spacial score (nSPS) is 25.3. The number of aliphatic carboxylic acids is 1. The molecule has 2 atom stereocenters. The standard InChI is InChI=1S/C15H18N2O3/c18-14(12-6-3-8-16-12)17-9-7-10-4-1-2-5-11(10)13(17)15(19)20/h1-2,4-5,12-13,16H,3,6-9H2,(H,19,20)/t12-,13?/m1/s1. The molecule has 1 saturated heterocycles. The van der Waals surface area contributed by atoms with E-state index in [0.29, 0.717) is 6.54 Å². The summed E-state index contributed by atoms with van der Waals surface area (Å²) < 4.78 is 0. The Morgan fingerprint density at radius 2 is 2.10 bits per heavy atom. The Bertz CT molecular complexity index is 538. The summed E-state index contributed by atoms with van der Waals surface area (Å²) in [5.41, 5.74) is 1.78. The number of carboxylic acids is 1. The topological polar surface area (TPSA) is 69.6 Å². The first kappa shape index (κ1) is 13.1. The maximum atomic E-state index is 12.5. The second kappa shape index (κ2) is 5.25. The summed E-state index contributed by atoms with van der Waals surface area (Å²) in [6.45, 7) is 1.31. The smallest absolute Gasteiger partial charge is 0.331 e. The molecule has 2 aliphatic heterocycles. The molecule has 5 nitrogen and oxygen atoms in total. The van der Waals surface area contributed by atoms with Gasteiger partial charge in [0.1, 0.15) is 0 Å². The fraction of sp³-hybridized carbons (Fsp3) is 0.467. The molecule has 0 aliphatic carbocycles. The van der Waals surface area contributed by atoms with Crippen molar-refractivity contribution in [2.24, 2.45) is 0 Å². The predicted molar refractivity (Wildman–Crippen MR) is 73.3 cm³/mol. The monoisotopic (exact) mass is 274 g/mol. The van der Waals surface area contributed by atoms with Gasteiger partial charge in [-0.1, -0.05) is 24.3 Å². The van der Waals surface area contributed by atoms with Crippen molar-refractivity contribution in [1.82, 2.24) is 10.2 Å². The molecule has 0 bridgehead atoms. The van der Waals surface area contributed by atoms with Crippen molar-refractivity contribution in [2.45, 2.75) is 31.3 Å². The fourth-order valence-corrected chi connectivity index (χ4v) is 3.17. The summed E-state index contributed by atoms with van der Waals surface area (Å²) in [6, 6.07) is 6.43. The van der Waals surface area contributed by atoms with Gasteiger partial charge in [0, 0.05) is 6.54 Å². The van der Waals surface area contributed by atoms with Crippen molar-refractivity contribution in [1.29, 1.82) is 0 Å². The number of amides is 1. The van der Waals surface area contributed by atoms with E-state index in [1.165, 1.54) is 4.90 Å². The Balaban J connectivity index is 1.92. The van der Waals surface area contributed by atoms with Crippen LogP contribution >= 0.6 is 0 Å². The lowest BCUT2D eigenvalue weighted by Crippen LogP contribution is -2.50. The van der Waals surface area contributed by atoms with Crippen LogP contribution in [0.4, 0.5) is 0 Å². The van der Waals surface area contributed by atoms with Crippen LogP contribution in [0.1, 0.15) is 30.0 Å². The van der Waals surface area contributed by atoms with E-state index >= 15 is 0 Å². The van der Waals surface area contributed by atoms with E-state index in [1.54, 1.807) is 0 Å². The summed E-state index contributed by atoms with van der Waals surface area (Å²) in [5.74, 6) is -1.03. The van der Waals surface area contributed by atoms with E-state index < -0.39 is 12.0 Å². The van der Waals surface area contributed by atoms with Gasteiger partial charge < -0.3 is 15.3 Å². The molecule has 2 aliphatic rings. The molecule has 3 rings (SSSR count). The summed E-state index contributed by atoms with van der Waals surface area (Å²) in [4.78, 5) is 25.7. The first-order valence-corrected chi connectivity index (χ1v) is 7.03. The van der Waals surface area contributed by atoms with Crippen molar-refractivity contribution in [3.05, 3.63) is 35.4 Å². The number of hydrogen-bond acceptors (Lipinski definition) is 3. The third kappa shape index (κ3) is 2.18. The van der Waals surface area contributed by atoms with Gasteiger partial charge in [0.15, 0.2) is 6.04 Å². The van der Waals surface area contributed by atoms with Crippen molar-refractivity contribution in [2.75, 3.05) is 13.1 Å². The number of carboxylic acid groups (broad SMARTS) is 1. The lowest BCUT2D eigenvalue weighted by Gasteiger charge is -2.36. The van der Waals surface area contributed by atoms with Crippen LogP contribution in [0.3, 0.4) is 0 Å². The largest absolute Gasteiger partial charge is 0.479 e. The lowest BCUT2D eigenvalue weighted by atomic mass is 9.92. The number of nitrogens with one attached hydrogen (secondary N) is 1. The molecule has 1 fully saturated rings. The molecule has 0 saturated carbocycles. The van der Waals surface area contributed by atoms with Crippen molar-refractivity contribution >= 4 is 11.9 Å². The summed E-state index contributed by atoms with van der Waals surface area (Å²) >= 11 is 0. The van der Waals surface area contributed by atoms with Gasteiger partial charge in [-0.15, -0.1) is 0 Å². The average Bonchev–Trinajstić information content (AvgIpc) is 2.99. The van der Waals surface area contributed by atoms with Gasteiger partial charge in [0.2, 0.25) is 5.91 Å². The van der Waals surface area contributed by atoms with E-state index in [1.807, 2.05) is 24.3 Å². The zero-order valence-electron chi connectivity index (χ0n) is 11.2. The Labute approximate surface area is 117 Å². The number of benzene rings is 1. The van der Waals surface area contributed by atoms with Gasteiger partial charge in [-0.3, -0.25) is 4.79 Å². The maximum absolute atomic E-state index is 12.5. The molecule has 2 heterocycles. The van der Waals surface area contributed by atoms with Crippen LogP contribution in [0, 0.1) is 0 Å². The molecule has 0 aromatic heterocycles. The molecule has 106 valence electrons. The molecular formula is C15H18N2O3. The van der Waals surface area contributed by atoms with Gasteiger partial charge in [-0.25, -0.2) is 4.79 Å². The van der Waals surface area contributed by atoms with Gasteiger partial charge in [-0.05, 0) is 36.9 Å². The van der Waals surface area contributed by atoms with Crippen LogP contribution < -0.4 is 5.32 Å². The molecule has 1 amide bonds. The zero-order chi connectivity index (χ0) is 14.1. The Hall–Kier alpha value is -1.88. The predicted octanol–water partition coefficient (Wildman–Crippen LogP) is 0.949. The van der Waals surface area contributed by atoms with Crippen LogP contribution in [0.15, 0.2) is 24.3 Å². The number of nitrogens with zero attached hydrogens (tertiary/aromatic N) is 1. The average molecular weight is 274 g/mol. The molecule has 1 aromatic carbocycles. The quantitative estimate of drug-likeness (QED) is 0.842. The molecule has 5 heteroatoms. The van der Waals surface area contributed by atoms with Crippen LogP contribution in [0.5, 0.6) is 0 Å². The number of rotatable bonds is 2.